The summed E-state index contributed by atoms with van der Waals surface area (Å²) in [6.07, 6.45) is 0. The van der Waals surface area contributed by atoms with Crippen LogP contribution in [0, 0.1) is 0 Å². The Kier molecular flexibility index (Phi) is 3.67. The van der Waals surface area contributed by atoms with Crippen molar-refractivity contribution in [3.8, 4) is 0 Å². The molecule has 0 saturated carbocycles. The van der Waals surface area contributed by atoms with Crippen molar-refractivity contribution in [1.82, 2.24) is 19.9 Å². The number of nitrogens with one attached hydrogen (secondary N) is 3. The van der Waals surface area contributed by atoms with Crippen LogP contribution in [0.5, 0.6) is 0 Å². The molecule has 4 aromatic rings. The Balaban J connectivity index is 1.80. The first kappa shape index (κ1) is 15.6. The van der Waals surface area contributed by atoms with Crippen LogP contribution in [0.4, 0.5) is 11.9 Å². The molecule has 0 aliphatic carbocycles. The molecule has 0 radical (unpaired) electrons. The summed E-state index contributed by atoms with van der Waals surface area (Å²) in [5.41, 5.74) is 0.214. The van der Waals surface area contributed by atoms with Gasteiger partial charge >= 0.3 is 0 Å². The number of hydrogen-bond acceptors (Lipinski definition) is 5. The van der Waals surface area contributed by atoms with Gasteiger partial charge in [0.2, 0.25) is 11.9 Å². The molecule has 0 aliphatic heterocycles. The van der Waals surface area contributed by atoms with E-state index in [4.69, 9.17) is 23.2 Å². The van der Waals surface area contributed by atoms with Gasteiger partial charge in [0.25, 0.3) is 11.1 Å². The molecule has 2 aromatic carbocycles. The van der Waals surface area contributed by atoms with E-state index in [1.807, 2.05) is 0 Å². The Morgan fingerprint density at radius 3 is 1.64 bits per heavy atom. The molecule has 7 nitrogen and oxygen atoms in total. The quantitative estimate of drug-likeness (QED) is 0.500. The maximum Gasteiger partial charge on any atom is 0.260 e. The highest BCUT2D eigenvalue weighted by Crippen LogP contribution is 2.18. The number of aromatic nitrogens is 4. The highest BCUT2D eigenvalue weighted by molar-refractivity contribution is 6.31. The van der Waals surface area contributed by atoms with Crippen LogP contribution in [0.15, 0.2) is 46.0 Å². The third-order valence-electron chi connectivity index (χ3n) is 3.57. The number of benzene rings is 2. The Morgan fingerprint density at radius 1 is 0.760 bits per heavy atom. The van der Waals surface area contributed by atoms with Gasteiger partial charge in [0, 0.05) is 10.0 Å². The van der Waals surface area contributed by atoms with Crippen LogP contribution < -0.4 is 16.4 Å². The van der Waals surface area contributed by atoms with Crippen LogP contribution in [-0.2, 0) is 0 Å². The Morgan fingerprint density at radius 2 is 1.20 bits per heavy atom. The van der Waals surface area contributed by atoms with Gasteiger partial charge in [-0.2, -0.15) is 0 Å². The number of H-pyrrole nitrogens is 2. The predicted octanol–water partition coefficient (Wildman–Crippen LogP) is 3.21. The van der Waals surface area contributed by atoms with Gasteiger partial charge in [0.05, 0.1) is 21.8 Å². The number of anilines is 2. The second-order valence-corrected chi connectivity index (χ2v) is 6.15. The van der Waals surface area contributed by atoms with Crippen molar-refractivity contribution in [1.29, 1.82) is 0 Å². The molecular formula is C16H9Cl2N5O2. The van der Waals surface area contributed by atoms with Crippen LogP contribution in [0.1, 0.15) is 0 Å². The topological polar surface area (TPSA) is 104 Å². The highest BCUT2D eigenvalue weighted by Gasteiger charge is 2.08. The van der Waals surface area contributed by atoms with Crippen LogP contribution in [0.25, 0.3) is 21.8 Å². The Bertz CT molecular complexity index is 1150. The van der Waals surface area contributed by atoms with Gasteiger partial charge in [-0.3, -0.25) is 24.9 Å². The van der Waals surface area contributed by atoms with Gasteiger partial charge in [0.1, 0.15) is 0 Å². The molecule has 2 heterocycles. The number of rotatable bonds is 2. The van der Waals surface area contributed by atoms with Gasteiger partial charge in [-0.05, 0) is 36.4 Å². The first-order valence-corrected chi connectivity index (χ1v) is 7.91. The summed E-state index contributed by atoms with van der Waals surface area (Å²) in [6, 6.07) is 9.62. The van der Waals surface area contributed by atoms with E-state index < -0.39 is 0 Å². The molecule has 3 N–H and O–H groups in total. The van der Waals surface area contributed by atoms with Gasteiger partial charge in [-0.15, -0.1) is 0 Å². The lowest BCUT2D eigenvalue weighted by atomic mass is 10.2. The molecule has 124 valence electrons. The molecule has 0 spiro atoms. The van der Waals surface area contributed by atoms with Crippen molar-refractivity contribution in [2.75, 3.05) is 5.32 Å². The molecule has 0 atom stereocenters. The van der Waals surface area contributed by atoms with E-state index in [9.17, 15) is 9.59 Å². The van der Waals surface area contributed by atoms with Crippen LogP contribution in [0.3, 0.4) is 0 Å². The Hall–Kier alpha value is -2.90. The van der Waals surface area contributed by atoms with E-state index in [1.165, 1.54) is 12.1 Å². The molecule has 0 amide bonds. The van der Waals surface area contributed by atoms with Crippen molar-refractivity contribution >= 4 is 56.9 Å². The fourth-order valence-electron chi connectivity index (χ4n) is 2.45. The second kappa shape index (κ2) is 5.87. The van der Waals surface area contributed by atoms with Crippen LogP contribution in [0.2, 0.25) is 10.0 Å². The molecule has 4 rings (SSSR count). The summed E-state index contributed by atoms with van der Waals surface area (Å²) >= 11 is 11.8. The zero-order chi connectivity index (χ0) is 17.6. The number of aromatic amines is 2. The minimum absolute atomic E-state index is 0.149. The molecule has 0 saturated heterocycles. The van der Waals surface area contributed by atoms with Crippen LogP contribution >= 0.6 is 23.2 Å². The number of hydrogen-bond donors (Lipinski definition) is 3. The van der Waals surface area contributed by atoms with E-state index in [-0.39, 0.29) is 23.0 Å². The predicted molar refractivity (Wildman–Crippen MR) is 98.0 cm³/mol. The Labute approximate surface area is 149 Å². The van der Waals surface area contributed by atoms with Crippen molar-refractivity contribution in [2.24, 2.45) is 0 Å². The smallest absolute Gasteiger partial charge is 0.260 e. The van der Waals surface area contributed by atoms with E-state index in [1.54, 1.807) is 24.3 Å². The normalized spacial score (nSPS) is 11.1. The largest absolute Gasteiger partial charge is 0.296 e. The maximum absolute atomic E-state index is 12.2. The molecule has 2 aromatic heterocycles. The summed E-state index contributed by atoms with van der Waals surface area (Å²) < 4.78 is 0. The number of fused-ring (bicyclic) bond motifs is 2. The summed E-state index contributed by atoms with van der Waals surface area (Å²) in [4.78, 5) is 38.1. The van der Waals surface area contributed by atoms with E-state index in [0.717, 1.165) is 0 Å². The average Bonchev–Trinajstić information content (AvgIpc) is 2.56. The van der Waals surface area contributed by atoms with E-state index in [2.05, 4.69) is 25.3 Å². The summed E-state index contributed by atoms with van der Waals surface area (Å²) in [5.74, 6) is 0.299. The molecule has 0 bridgehead atoms. The SMILES string of the molecule is O=c1[nH]c(Nc2nc3ccc(Cl)cc3c(=O)[nH]2)nc2ccc(Cl)cc12. The summed E-state index contributed by atoms with van der Waals surface area (Å²) in [7, 11) is 0. The third kappa shape index (κ3) is 2.95. The van der Waals surface area contributed by atoms with Gasteiger partial charge in [-0.1, -0.05) is 23.2 Å². The lowest BCUT2D eigenvalue weighted by molar-refractivity contribution is 1.11. The fraction of sp³-hybridized carbons (Fsp3) is 0. The molecule has 0 unspecified atom stereocenters. The summed E-state index contributed by atoms with van der Waals surface area (Å²) in [5, 5.41) is 4.42. The van der Waals surface area contributed by atoms with Crippen molar-refractivity contribution in [3.05, 3.63) is 67.2 Å². The minimum atomic E-state index is -0.357. The fourth-order valence-corrected chi connectivity index (χ4v) is 2.80. The van der Waals surface area contributed by atoms with Crippen molar-refractivity contribution in [2.45, 2.75) is 0 Å². The highest BCUT2D eigenvalue weighted by atomic mass is 35.5. The molecule has 25 heavy (non-hydrogen) atoms. The van der Waals surface area contributed by atoms with Crippen LogP contribution in [-0.4, -0.2) is 19.9 Å². The van der Waals surface area contributed by atoms with Gasteiger partial charge in [0.15, 0.2) is 0 Å². The minimum Gasteiger partial charge on any atom is -0.296 e. The van der Waals surface area contributed by atoms with Crippen molar-refractivity contribution < 1.29 is 0 Å². The van der Waals surface area contributed by atoms with Gasteiger partial charge < -0.3 is 0 Å². The lowest BCUT2D eigenvalue weighted by Gasteiger charge is -2.07. The second-order valence-electron chi connectivity index (χ2n) is 5.28. The molecule has 9 heteroatoms. The molecular weight excluding hydrogens is 365 g/mol. The first-order valence-electron chi connectivity index (χ1n) is 7.16. The number of halogens is 2. The van der Waals surface area contributed by atoms with E-state index >= 15 is 0 Å². The monoisotopic (exact) mass is 373 g/mol. The zero-order valence-electron chi connectivity index (χ0n) is 12.4. The standard InChI is InChI=1S/C16H9Cl2N5O2/c17-7-1-3-11-9(5-7)13(24)21-15(19-11)23-16-20-12-4-2-8(18)6-10(12)14(25)22-16/h1-6H,(H3,19,20,21,22,23,24,25). The first-order chi connectivity index (χ1) is 12.0. The van der Waals surface area contributed by atoms with E-state index in [0.29, 0.717) is 31.9 Å². The average molecular weight is 374 g/mol. The molecule has 0 aliphatic rings. The maximum atomic E-state index is 12.2. The van der Waals surface area contributed by atoms with Crippen molar-refractivity contribution in [3.63, 3.8) is 0 Å². The number of nitrogens with zero attached hydrogens (tertiary/aromatic N) is 2. The zero-order valence-corrected chi connectivity index (χ0v) is 13.9. The molecule has 0 fully saturated rings. The van der Waals surface area contributed by atoms with Gasteiger partial charge in [-0.25, -0.2) is 9.97 Å². The third-order valence-corrected chi connectivity index (χ3v) is 4.04. The summed E-state index contributed by atoms with van der Waals surface area (Å²) in [6.45, 7) is 0. The lowest BCUT2D eigenvalue weighted by Crippen LogP contribution is -2.15.